The van der Waals surface area contributed by atoms with Gasteiger partial charge in [-0.3, -0.25) is 14.2 Å². The van der Waals surface area contributed by atoms with Crippen LogP contribution in [0.2, 0.25) is 0 Å². The van der Waals surface area contributed by atoms with Gasteiger partial charge in [-0.1, -0.05) is 18.2 Å². The van der Waals surface area contributed by atoms with Crippen molar-refractivity contribution < 1.29 is 29.3 Å². The smallest absolute Gasteiger partial charge is 0.320 e. The van der Waals surface area contributed by atoms with Crippen LogP contribution in [0.25, 0.3) is 0 Å². The van der Waals surface area contributed by atoms with Gasteiger partial charge in [-0.2, -0.15) is 0 Å². The molecule has 0 radical (unpaired) electrons. The molecule has 0 heterocycles. The first-order valence-corrected chi connectivity index (χ1v) is 7.67. The zero-order valence-corrected chi connectivity index (χ0v) is 11.4. The van der Waals surface area contributed by atoms with E-state index in [1.165, 1.54) is 12.1 Å². The van der Waals surface area contributed by atoms with Crippen LogP contribution < -0.4 is 11.0 Å². The van der Waals surface area contributed by atoms with E-state index >= 15 is 0 Å². The molecule has 8 heteroatoms. The molecule has 0 fully saturated rings. The third-order valence-corrected chi connectivity index (χ3v) is 4.87. The molecule has 7 nitrogen and oxygen atoms in total. The Balaban J connectivity index is 2.88. The van der Waals surface area contributed by atoms with Crippen molar-refractivity contribution >= 4 is 24.6 Å². The van der Waals surface area contributed by atoms with Crippen LogP contribution in [0, 0.1) is 5.92 Å². The Morgan fingerprint density at radius 3 is 2.15 bits per heavy atom. The van der Waals surface area contributed by atoms with Crippen LogP contribution in [-0.4, -0.2) is 39.2 Å². The minimum Gasteiger partial charge on any atom is -0.481 e. The van der Waals surface area contributed by atoms with Crippen LogP contribution >= 0.6 is 7.37 Å². The van der Waals surface area contributed by atoms with E-state index in [1.807, 2.05) is 0 Å². The van der Waals surface area contributed by atoms with Gasteiger partial charge in [0.2, 0.25) is 7.37 Å². The molecular weight excluding hydrogens is 285 g/mol. The lowest BCUT2D eigenvalue weighted by Gasteiger charge is -2.18. The highest BCUT2D eigenvalue weighted by Gasteiger charge is 2.32. The van der Waals surface area contributed by atoms with Crippen LogP contribution in [0.4, 0.5) is 0 Å². The van der Waals surface area contributed by atoms with Gasteiger partial charge < -0.3 is 20.8 Å². The van der Waals surface area contributed by atoms with Crippen LogP contribution in [0.1, 0.15) is 6.42 Å². The van der Waals surface area contributed by atoms with Crippen molar-refractivity contribution in [3.05, 3.63) is 30.3 Å². The molecule has 0 saturated heterocycles. The summed E-state index contributed by atoms with van der Waals surface area (Å²) in [6.07, 6.45) is -0.949. The van der Waals surface area contributed by atoms with Crippen molar-refractivity contribution in [1.82, 2.24) is 0 Å². The fourth-order valence-corrected chi connectivity index (χ4v) is 3.48. The summed E-state index contributed by atoms with van der Waals surface area (Å²) in [7, 11) is -3.87. The van der Waals surface area contributed by atoms with E-state index in [0.29, 0.717) is 0 Å². The number of carboxylic acid groups (broad SMARTS) is 2. The molecule has 1 aromatic rings. The van der Waals surface area contributed by atoms with Crippen molar-refractivity contribution in [2.75, 3.05) is 6.16 Å². The standard InChI is InChI=1S/C12H16NO6P/c13-10(12(16)17)6-8(11(14)15)7-20(18,19)9-4-2-1-3-5-9/h1-5,8,10H,6-7,13H2,(H,14,15)(H,16,17)(H,18,19)/t8?,10-/m0/s1. The maximum atomic E-state index is 12.2. The van der Waals surface area contributed by atoms with E-state index < -0.39 is 43.8 Å². The predicted molar refractivity (Wildman–Crippen MR) is 72.1 cm³/mol. The van der Waals surface area contributed by atoms with Gasteiger partial charge in [0.15, 0.2) is 0 Å². The molecule has 0 saturated carbocycles. The highest BCUT2D eigenvalue weighted by molar-refractivity contribution is 7.66. The average Bonchev–Trinajstić information content (AvgIpc) is 2.38. The highest BCUT2D eigenvalue weighted by atomic mass is 31.2. The molecule has 0 amide bonds. The van der Waals surface area contributed by atoms with E-state index in [1.54, 1.807) is 18.2 Å². The molecule has 1 rings (SSSR count). The van der Waals surface area contributed by atoms with E-state index in [4.69, 9.17) is 15.9 Å². The van der Waals surface area contributed by atoms with Gasteiger partial charge in [-0.05, 0) is 18.6 Å². The van der Waals surface area contributed by atoms with Gasteiger partial charge in [-0.25, -0.2) is 0 Å². The predicted octanol–water partition coefficient (Wildman–Crippen LogP) is 0.0851. The number of carboxylic acids is 2. The first-order chi connectivity index (χ1) is 9.24. The summed E-state index contributed by atoms with van der Waals surface area (Å²) in [5.74, 6) is -3.98. The molecule has 1 aromatic carbocycles. The SMILES string of the molecule is N[C@@H](CC(CP(=O)(O)c1ccccc1)C(=O)O)C(=O)O. The molecule has 0 bridgehead atoms. The summed E-state index contributed by atoms with van der Waals surface area (Å²) in [6, 6.07) is 6.27. The highest BCUT2D eigenvalue weighted by Crippen LogP contribution is 2.42. The van der Waals surface area contributed by atoms with Gasteiger partial charge in [0.05, 0.1) is 5.92 Å². The molecule has 0 aromatic heterocycles. The molecule has 0 aliphatic carbocycles. The molecule has 0 aliphatic rings. The van der Waals surface area contributed by atoms with Crippen molar-refractivity contribution in [3.63, 3.8) is 0 Å². The number of hydrogen-bond acceptors (Lipinski definition) is 4. The largest absolute Gasteiger partial charge is 0.481 e. The first kappa shape index (κ1) is 16.4. The molecule has 3 atom stereocenters. The Morgan fingerprint density at radius 2 is 1.70 bits per heavy atom. The fraction of sp³-hybridized carbons (Fsp3) is 0.333. The maximum absolute atomic E-state index is 12.2. The second kappa shape index (κ2) is 6.65. The monoisotopic (exact) mass is 301 g/mol. The molecule has 20 heavy (non-hydrogen) atoms. The number of rotatable bonds is 7. The van der Waals surface area contributed by atoms with Crippen LogP contribution in [0.15, 0.2) is 30.3 Å². The number of aliphatic carboxylic acids is 2. The molecule has 5 N–H and O–H groups in total. The third kappa shape index (κ3) is 4.45. The zero-order chi connectivity index (χ0) is 15.3. The van der Waals surface area contributed by atoms with Gasteiger partial charge in [0.25, 0.3) is 0 Å². The molecule has 0 spiro atoms. The summed E-state index contributed by atoms with van der Waals surface area (Å²) < 4.78 is 12.2. The summed E-state index contributed by atoms with van der Waals surface area (Å²) in [5, 5.41) is 17.8. The van der Waals surface area contributed by atoms with Crippen molar-refractivity contribution in [2.45, 2.75) is 12.5 Å². The van der Waals surface area contributed by atoms with E-state index in [-0.39, 0.29) is 5.30 Å². The normalized spacial score (nSPS) is 16.9. The number of hydrogen-bond donors (Lipinski definition) is 4. The second-order valence-electron chi connectivity index (χ2n) is 4.44. The number of nitrogens with two attached hydrogens (primary N) is 1. The molecule has 0 aliphatic heterocycles. The molecule has 110 valence electrons. The first-order valence-electron chi connectivity index (χ1n) is 5.82. The van der Waals surface area contributed by atoms with E-state index in [9.17, 15) is 19.0 Å². The van der Waals surface area contributed by atoms with Gasteiger partial charge >= 0.3 is 11.9 Å². The minimum absolute atomic E-state index is 0.134. The lowest BCUT2D eigenvalue weighted by atomic mass is 10.0. The number of carbonyl (C=O) groups is 2. The van der Waals surface area contributed by atoms with Crippen LogP contribution in [0.3, 0.4) is 0 Å². The summed E-state index contributed by atoms with van der Waals surface area (Å²) >= 11 is 0. The fourth-order valence-electron chi connectivity index (χ4n) is 1.73. The van der Waals surface area contributed by atoms with Crippen LogP contribution in [0.5, 0.6) is 0 Å². The van der Waals surface area contributed by atoms with Crippen molar-refractivity contribution in [2.24, 2.45) is 11.7 Å². The van der Waals surface area contributed by atoms with E-state index in [2.05, 4.69) is 0 Å². The third-order valence-electron chi connectivity index (χ3n) is 2.83. The Kier molecular flexibility index (Phi) is 5.44. The van der Waals surface area contributed by atoms with E-state index in [0.717, 1.165) is 0 Å². The average molecular weight is 301 g/mol. The number of benzene rings is 1. The van der Waals surface area contributed by atoms with Crippen molar-refractivity contribution in [3.8, 4) is 0 Å². The Hall–Kier alpha value is -1.69. The lowest BCUT2D eigenvalue weighted by molar-refractivity contribution is -0.143. The topological polar surface area (TPSA) is 138 Å². The maximum Gasteiger partial charge on any atom is 0.320 e. The summed E-state index contributed by atoms with van der Waals surface area (Å²) in [4.78, 5) is 31.7. The van der Waals surface area contributed by atoms with Gasteiger partial charge in [0, 0.05) is 11.5 Å². The Labute approximate surface area is 115 Å². The van der Waals surface area contributed by atoms with Crippen molar-refractivity contribution in [1.29, 1.82) is 0 Å². The quantitative estimate of drug-likeness (QED) is 0.523. The lowest BCUT2D eigenvalue weighted by Crippen LogP contribution is -2.36. The summed E-state index contributed by atoms with van der Waals surface area (Å²) in [6.45, 7) is 0. The zero-order valence-electron chi connectivity index (χ0n) is 10.5. The Bertz CT molecular complexity index is 532. The van der Waals surface area contributed by atoms with Gasteiger partial charge in [-0.15, -0.1) is 0 Å². The van der Waals surface area contributed by atoms with Gasteiger partial charge in [0.1, 0.15) is 6.04 Å². The van der Waals surface area contributed by atoms with Crippen LogP contribution in [-0.2, 0) is 14.2 Å². The second-order valence-corrected chi connectivity index (χ2v) is 6.72. The molecule has 2 unspecified atom stereocenters. The summed E-state index contributed by atoms with van der Waals surface area (Å²) in [5.41, 5.74) is 5.28. The minimum atomic E-state index is -3.87. The Morgan fingerprint density at radius 1 is 1.15 bits per heavy atom. The molecular formula is C12H16NO6P.